The van der Waals surface area contributed by atoms with Gasteiger partial charge in [0.25, 0.3) is 11.9 Å². The lowest BCUT2D eigenvalue weighted by Gasteiger charge is -2.07. The van der Waals surface area contributed by atoms with E-state index in [9.17, 15) is 4.79 Å². The van der Waals surface area contributed by atoms with Crippen molar-refractivity contribution in [1.82, 2.24) is 15.3 Å². The summed E-state index contributed by atoms with van der Waals surface area (Å²) < 4.78 is 5.34. The molecule has 0 aliphatic heterocycles. The summed E-state index contributed by atoms with van der Waals surface area (Å²) >= 11 is 5.79. The molecule has 0 saturated carbocycles. The zero-order valence-electron chi connectivity index (χ0n) is 13.9. The van der Waals surface area contributed by atoms with Crippen LogP contribution in [-0.4, -0.2) is 28.4 Å². The Labute approximate surface area is 154 Å². The molecule has 0 aliphatic rings. The van der Waals surface area contributed by atoms with Crippen LogP contribution in [0.25, 0.3) is 10.9 Å². The number of halogens is 1. The van der Waals surface area contributed by atoms with Crippen molar-refractivity contribution >= 4 is 40.3 Å². The minimum absolute atomic E-state index is 0.107. The van der Waals surface area contributed by atoms with Crippen LogP contribution in [0.4, 0.5) is 5.95 Å². The summed E-state index contributed by atoms with van der Waals surface area (Å²) in [5.74, 6) is 0.147. The molecule has 7 nitrogen and oxygen atoms in total. The van der Waals surface area contributed by atoms with Crippen molar-refractivity contribution < 1.29 is 9.53 Å². The van der Waals surface area contributed by atoms with E-state index in [-0.39, 0.29) is 18.5 Å². The van der Waals surface area contributed by atoms with Gasteiger partial charge in [-0.2, -0.15) is 4.99 Å². The largest absolute Gasteiger partial charge is 0.484 e. The van der Waals surface area contributed by atoms with E-state index in [1.165, 1.54) is 0 Å². The number of guanidine groups is 1. The second-order valence-corrected chi connectivity index (χ2v) is 5.85. The third-order valence-electron chi connectivity index (χ3n) is 3.45. The summed E-state index contributed by atoms with van der Waals surface area (Å²) in [7, 11) is 0. The lowest BCUT2D eigenvalue weighted by Crippen LogP contribution is -2.39. The van der Waals surface area contributed by atoms with Gasteiger partial charge in [0.2, 0.25) is 5.96 Å². The van der Waals surface area contributed by atoms with Crippen LogP contribution in [0, 0.1) is 6.92 Å². The molecule has 0 bridgehead atoms. The number of nitrogens with one attached hydrogen (secondary N) is 1. The Kier molecular flexibility index (Phi) is 5.28. The van der Waals surface area contributed by atoms with Gasteiger partial charge in [0.15, 0.2) is 6.61 Å². The third kappa shape index (κ3) is 4.46. The zero-order chi connectivity index (χ0) is 18.5. The summed E-state index contributed by atoms with van der Waals surface area (Å²) in [4.78, 5) is 24.5. The van der Waals surface area contributed by atoms with E-state index < -0.39 is 5.91 Å². The lowest BCUT2D eigenvalue weighted by atomic mass is 10.2. The van der Waals surface area contributed by atoms with E-state index in [0.29, 0.717) is 10.8 Å². The Morgan fingerprint density at radius 2 is 1.92 bits per heavy atom. The van der Waals surface area contributed by atoms with Gasteiger partial charge in [-0.05, 0) is 37.3 Å². The van der Waals surface area contributed by atoms with Gasteiger partial charge in [-0.25, -0.2) is 9.97 Å². The summed E-state index contributed by atoms with van der Waals surface area (Å²) in [5, 5.41) is 3.96. The first-order valence-corrected chi connectivity index (χ1v) is 8.15. The number of carbonyl (C=O) groups is 1. The van der Waals surface area contributed by atoms with Crippen molar-refractivity contribution in [2.24, 2.45) is 10.7 Å². The van der Waals surface area contributed by atoms with Gasteiger partial charge >= 0.3 is 0 Å². The number of rotatable bonds is 4. The Morgan fingerprint density at radius 3 is 2.69 bits per heavy atom. The number of nitrogens with two attached hydrogens (primary N) is 1. The maximum atomic E-state index is 11.9. The first-order chi connectivity index (χ1) is 12.5. The predicted molar refractivity (Wildman–Crippen MR) is 101 cm³/mol. The SMILES string of the molecule is Cc1nc(N=C(N)NC(=O)COc2ccc(Cl)cc2)nc2ccccc12. The highest BCUT2D eigenvalue weighted by molar-refractivity contribution is 6.30. The van der Waals surface area contributed by atoms with Gasteiger partial charge in [-0.1, -0.05) is 29.8 Å². The minimum atomic E-state index is -0.446. The number of benzene rings is 2. The number of hydrogen-bond acceptors (Lipinski definition) is 5. The van der Waals surface area contributed by atoms with Crippen LogP contribution in [0.1, 0.15) is 5.69 Å². The molecule has 132 valence electrons. The molecular formula is C18H16ClN5O2. The zero-order valence-corrected chi connectivity index (χ0v) is 14.7. The van der Waals surface area contributed by atoms with Crippen LogP contribution in [0.3, 0.4) is 0 Å². The molecule has 1 amide bonds. The highest BCUT2D eigenvalue weighted by atomic mass is 35.5. The Hall–Kier alpha value is -3.19. The molecule has 8 heteroatoms. The molecule has 3 N–H and O–H groups in total. The molecule has 0 saturated heterocycles. The lowest BCUT2D eigenvalue weighted by molar-refractivity contribution is -0.121. The van der Waals surface area contributed by atoms with Crippen molar-refractivity contribution in [2.45, 2.75) is 6.92 Å². The number of carbonyl (C=O) groups excluding carboxylic acids is 1. The molecule has 26 heavy (non-hydrogen) atoms. The Morgan fingerprint density at radius 1 is 1.19 bits per heavy atom. The molecule has 0 aliphatic carbocycles. The predicted octanol–water partition coefficient (Wildman–Crippen LogP) is 2.73. The number of hydrogen-bond donors (Lipinski definition) is 2. The van der Waals surface area contributed by atoms with E-state index in [0.717, 1.165) is 16.6 Å². The number of aryl methyl sites for hydroxylation is 1. The second kappa shape index (κ2) is 7.79. The fourth-order valence-electron chi connectivity index (χ4n) is 2.26. The van der Waals surface area contributed by atoms with E-state index in [4.69, 9.17) is 22.1 Å². The molecule has 1 aromatic heterocycles. The van der Waals surface area contributed by atoms with Gasteiger partial charge in [0.05, 0.1) is 11.2 Å². The fourth-order valence-corrected chi connectivity index (χ4v) is 2.39. The van der Waals surface area contributed by atoms with Crippen molar-refractivity contribution in [3.05, 3.63) is 59.2 Å². The molecule has 0 radical (unpaired) electrons. The normalized spacial score (nSPS) is 11.4. The fraction of sp³-hybridized carbons (Fsp3) is 0.111. The van der Waals surface area contributed by atoms with Gasteiger partial charge in [0.1, 0.15) is 5.75 Å². The number of fused-ring (bicyclic) bond motifs is 1. The van der Waals surface area contributed by atoms with Crippen molar-refractivity contribution in [3.8, 4) is 5.75 Å². The minimum Gasteiger partial charge on any atom is -0.484 e. The number of aromatic nitrogens is 2. The Balaban J connectivity index is 1.64. The van der Waals surface area contributed by atoms with Crippen LogP contribution < -0.4 is 15.8 Å². The monoisotopic (exact) mass is 369 g/mol. The summed E-state index contributed by atoms with van der Waals surface area (Å²) in [6.07, 6.45) is 0. The van der Waals surface area contributed by atoms with Crippen LogP contribution >= 0.6 is 11.6 Å². The van der Waals surface area contributed by atoms with E-state index in [2.05, 4.69) is 20.3 Å². The number of para-hydroxylation sites is 1. The molecule has 0 atom stereocenters. The Bertz CT molecular complexity index is 973. The maximum Gasteiger partial charge on any atom is 0.264 e. The molecule has 0 unspecified atom stereocenters. The molecule has 2 aromatic carbocycles. The number of ether oxygens (including phenoxy) is 1. The number of amides is 1. The number of aliphatic imine (C=N–C) groups is 1. The number of nitrogens with zero attached hydrogens (tertiary/aromatic N) is 3. The first-order valence-electron chi connectivity index (χ1n) is 7.77. The van der Waals surface area contributed by atoms with Crippen LogP contribution in [0.15, 0.2) is 53.5 Å². The smallest absolute Gasteiger partial charge is 0.264 e. The second-order valence-electron chi connectivity index (χ2n) is 5.41. The van der Waals surface area contributed by atoms with E-state index >= 15 is 0 Å². The molecule has 3 aromatic rings. The summed E-state index contributed by atoms with van der Waals surface area (Å²) in [5.41, 5.74) is 7.29. The maximum absolute atomic E-state index is 11.9. The standard InChI is InChI=1S/C18H16ClN5O2/c1-11-14-4-2-3-5-15(14)22-18(21-11)24-17(20)23-16(25)10-26-13-8-6-12(19)7-9-13/h2-9H,10H2,1H3,(H3,20,21,22,23,24,25). The van der Waals surface area contributed by atoms with Crippen LogP contribution in [-0.2, 0) is 4.79 Å². The van der Waals surface area contributed by atoms with Gasteiger partial charge < -0.3 is 10.5 Å². The quantitative estimate of drug-likeness (QED) is 0.543. The molecular weight excluding hydrogens is 354 g/mol. The van der Waals surface area contributed by atoms with E-state index in [1.54, 1.807) is 24.3 Å². The summed E-state index contributed by atoms with van der Waals surface area (Å²) in [6, 6.07) is 14.2. The van der Waals surface area contributed by atoms with Crippen molar-refractivity contribution in [3.63, 3.8) is 0 Å². The average molecular weight is 370 g/mol. The molecule has 0 spiro atoms. The average Bonchev–Trinajstić information content (AvgIpc) is 2.61. The first kappa shape index (κ1) is 17.6. The van der Waals surface area contributed by atoms with Gasteiger partial charge in [-0.15, -0.1) is 0 Å². The molecule has 0 fully saturated rings. The third-order valence-corrected chi connectivity index (χ3v) is 3.71. The van der Waals surface area contributed by atoms with E-state index in [1.807, 2.05) is 31.2 Å². The van der Waals surface area contributed by atoms with Crippen molar-refractivity contribution in [2.75, 3.05) is 6.61 Å². The van der Waals surface area contributed by atoms with Gasteiger partial charge in [-0.3, -0.25) is 10.1 Å². The van der Waals surface area contributed by atoms with Gasteiger partial charge in [0, 0.05) is 10.4 Å². The highest BCUT2D eigenvalue weighted by Gasteiger charge is 2.07. The van der Waals surface area contributed by atoms with Crippen molar-refractivity contribution in [1.29, 1.82) is 0 Å². The molecule has 1 heterocycles. The topological polar surface area (TPSA) is 102 Å². The molecule has 3 rings (SSSR count). The van der Waals surface area contributed by atoms with Crippen LogP contribution in [0.2, 0.25) is 5.02 Å². The summed E-state index contributed by atoms with van der Waals surface area (Å²) in [6.45, 7) is 1.65. The van der Waals surface area contributed by atoms with Crippen LogP contribution in [0.5, 0.6) is 5.75 Å². The highest BCUT2D eigenvalue weighted by Crippen LogP contribution is 2.18.